The van der Waals surface area contributed by atoms with E-state index in [1.165, 1.54) is 6.26 Å². The molecule has 1 aromatic carbocycles. The normalized spacial score (nSPS) is 17.1. The van der Waals surface area contributed by atoms with Gasteiger partial charge < -0.3 is 9.47 Å². The first-order valence-corrected chi connectivity index (χ1v) is 8.16. The second-order valence-electron chi connectivity index (χ2n) is 5.23. The molecular formula is C18H19ClN2O4. The van der Waals surface area contributed by atoms with Crippen LogP contribution in [0.15, 0.2) is 53.0 Å². The molecule has 1 unspecified atom stereocenters. The van der Waals surface area contributed by atoms with E-state index in [1.54, 1.807) is 51.1 Å². The fourth-order valence-electron chi connectivity index (χ4n) is 2.47. The molecule has 2 rings (SSSR count). The molecule has 6 nitrogen and oxygen atoms in total. The number of hydrogen-bond donors (Lipinski definition) is 1. The Labute approximate surface area is 151 Å². The lowest BCUT2D eigenvalue weighted by Gasteiger charge is -2.26. The number of halogens is 1. The van der Waals surface area contributed by atoms with Gasteiger partial charge in [0.05, 0.1) is 24.4 Å². The number of hydrogen-bond acceptors (Lipinski definition) is 6. The van der Waals surface area contributed by atoms with Crippen molar-refractivity contribution in [2.45, 2.75) is 26.7 Å². The molecule has 0 radical (unpaired) electrons. The van der Waals surface area contributed by atoms with Crippen LogP contribution in [0.2, 0.25) is 5.02 Å². The summed E-state index contributed by atoms with van der Waals surface area (Å²) in [6.45, 7) is 5.35. The van der Waals surface area contributed by atoms with Gasteiger partial charge in [-0.2, -0.15) is 5.10 Å². The van der Waals surface area contributed by atoms with Crippen LogP contribution >= 0.6 is 11.6 Å². The lowest BCUT2D eigenvalue weighted by Crippen LogP contribution is -2.35. The Balaban J connectivity index is 2.53. The summed E-state index contributed by atoms with van der Waals surface area (Å²) in [5.74, 6) is -1.93. The maximum Gasteiger partial charge on any atom is 0.360 e. The Kier molecular flexibility index (Phi) is 6.36. The smallest absolute Gasteiger partial charge is 0.360 e. The van der Waals surface area contributed by atoms with Gasteiger partial charge in [-0.05, 0) is 38.5 Å². The third kappa shape index (κ3) is 4.28. The molecule has 132 valence electrons. The van der Waals surface area contributed by atoms with Gasteiger partial charge in [0.15, 0.2) is 5.71 Å². The predicted molar refractivity (Wildman–Crippen MR) is 95.0 cm³/mol. The van der Waals surface area contributed by atoms with E-state index in [1.807, 2.05) is 0 Å². The molecule has 0 saturated heterocycles. The fraction of sp³-hybridized carbons (Fsp3) is 0.278. The third-order valence-corrected chi connectivity index (χ3v) is 3.74. The zero-order valence-corrected chi connectivity index (χ0v) is 15.0. The first-order chi connectivity index (χ1) is 12.0. The number of carbonyl (C=O) groups excluding carboxylic acids is 2. The molecule has 1 aliphatic heterocycles. The lowest BCUT2D eigenvalue weighted by atomic mass is 9.84. The summed E-state index contributed by atoms with van der Waals surface area (Å²) < 4.78 is 10.2. The second-order valence-corrected chi connectivity index (χ2v) is 5.67. The highest BCUT2D eigenvalue weighted by Crippen LogP contribution is 2.33. The van der Waals surface area contributed by atoms with Crippen molar-refractivity contribution in [3.63, 3.8) is 0 Å². The fourth-order valence-corrected chi connectivity index (χ4v) is 2.66. The van der Waals surface area contributed by atoms with E-state index in [-0.39, 0.29) is 12.3 Å². The van der Waals surface area contributed by atoms with E-state index < -0.39 is 17.9 Å². The number of benzene rings is 1. The van der Waals surface area contributed by atoms with Gasteiger partial charge in [0.25, 0.3) is 0 Å². The maximum atomic E-state index is 12.5. The van der Waals surface area contributed by atoms with Crippen LogP contribution in [0.4, 0.5) is 0 Å². The molecule has 0 spiro atoms. The number of ether oxygens (including phenoxy) is 2. The number of rotatable bonds is 5. The van der Waals surface area contributed by atoms with E-state index in [2.05, 4.69) is 10.5 Å². The Bertz CT molecular complexity index is 768. The van der Waals surface area contributed by atoms with Crippen molar-refractivity contribution in [1.29, 1.82) is 0 Å². The van der Waals surface area contributed by atoms with Gasteiger partial charge in [-0.25, -0.2) is 9.59 Å². The van der Waals surface area contributed by atoms with Crippen LogP contribution in [-0.4, -0.2) is 24.3 Å². The van der Waals surface area contributed by atoms with E-state index >= 15 is 0 Å². The van der Waals surface area contributed by atoms with Crippen molar-refractivity contribution in [2.24, 2.45) is 5.10 Å². The van der Waals surface area contributed by atoms with Gasteiger partial charge >= 0.3 is 11.9 Å². The molecule has 1 aromatic rings. The maximum absolute atomic E-state index is 12.5. The van der Waals surface area contributed by atoms with Gasteiger partial charge in [0.1, 0.15) is 0 Å². The predicted octanol–water partition coefficient (Wildman–Crippen LogP) is 3.30. The summed E-state index contributed by atoms with van der Waals surface area (Å²) >= 11 is 6.08. The van der Waals surface area contributed by atoms with Crippen molar-refractivity contribution in [3.05, 3.63) is 58.5 Å². The Morgan fingerprint density at radius 1 is 1.36 bits per heavy atom. The summed E-state index contributed by atoms with van der Waals surface area (Å²) in [7, 11) is 0. The highest BCUT2D eigenvalue weighted by molar-refractivity contribution is 6.40. The zero-order chi connectivity index (χ0) is 18.4. The van der Waals surface area contributed by atoms with E-state index in [0.29, 0.717) is 21.9 Å². The van der Waals surface area contributed by atoms with Gasteiger partial charge in [0, 0.05) is 10.7 Å². The first kappa shape index (κ1) is 18.7. The van der Waals surface area contributed by atoms with Crippen LogP contribution < -0.4 is 5.43 Å². The molecule has 25 heavy (non-hydrogen) atoms. The molecule has 1 aliphatic rings. The summed E-state index contributed by atoms with van der Waals surface area (Å²) in [6.07, 6.45) is 2.84. The van der Waals surface area contributed by atoms with Crippen LogP contribution in [0, 0.1) is 0 Å². The van der Waals surface area contributed by atoms with Crippen molar-refractivity contribution in [3.8, 4) is 0 Å². The Hall–Kier alpha value is -2.60. The number of esters is 2. The SMILES string of the molecule is CC=COC(=O)C1=NNC(C)=C(C(=O)OCC)C1c1cccc(Cl)c1. The standard InChI is InChI=1S/C18H19ClN2O4/c1-4-9-25-18(23)16-15(12-7-6-8-13(19)10-12)14(11(3)20-21-16)17(22)24-5-2/h4,6-10,15,20H,5H2,1-3H3. The Morgan fingerprint density at radius 3 is 2.76 bits per heavy atom. The molecule has 0 fully saturated rings. The van der Waals surface area contributed by atoms with Crippen molar-refractivity contribution in [1.82, 2.24) is 5.43 Å². The van der Waals surface area contributed by atoms with Crippen LogP contribution in [0.5, 0.6) is 0 Å². The van der Waals surface area contributed by atoms with Gasteiger partial charge in [-0.15, -0.1) is 0 Å². The van der Waals surface area contributed by atoms with Crippen LogP contribution in [-0.2, 0) is 19.1 Å². The molecule has 1 N–H and O–H groups in total. The molecule has 0 aliphatic carbocycles. The minimum Gasteiger partial charge on any atom is -0.463 e. The number of nitrogens with one attached hydrogen (secondary N) is 1. The highest BCUT2D eigenvalue weighted by atomic mass is 35.5. The summed E-state index contributed by atoms with van der Waals surface area (Å²) in [5, 5.41) is 4.58. The minimum atomic E-state index is -0.739. The molecule has 1 heterocycles. The third-order valence-electron chi connectivity index (χ3n) is 3.51. The van der Waals surface area contributed by atoms with Crippen molar-refractivity contribution in [2.75, 3.05) is 6.61 Å². The zero-order valence-electron chi connectivity index (χ0n) is 14.2. The average molecular weight is 363 g/mol. The quantitative estimate of drug-likeness (QED) is 0.642. The summed E-state index contributed by atoms with van der Waals surface area (Å²) in [6, 6.07) is 6.91. The van der Waals surface area contributed by atoms with Crippen LogP contribution in [0.1, 0.15) is 32.3 Å². The molecule has 0 amide bonds. The molecule has 7 heteroatoms. The van der Waals surface area contributed by atoms with Gasteiger partial charge in [-0.3, -0.25) is 5.43 Å². The number of allylic oxidation sites excluding steroid dienone is 2. The van der Waals surface area contributed by atoms with Crippen molar-refractivity contribution >= 4 is 29.3 Å². The number of hydrazone groups is 1. The Morgan fingerprint density at radius 2 is 2.12 bits per heavy atom. The number of carbonyl (C=O) groups is 2. The molecule has 0 bridgehead atoms. The summed E-state index contributed by atoms with van der Waals surface area (Å²) in [4.78, 5) is 24.9. The first-order valence-electron chi connectivity index (χ1n) is 7.78. The minimum absolute atomic E-state index is 0.0500. The highest BCUT2D eigenvalue weighted by Gasteiger charge is 2.37. The summed E-state index contributed by atoms with van der Waals surface area (Å²) in [5.41, 5.74) is 4.20. The monoisotopic (exact) mass is 362 g/mol. The average Bonchev–Trinajstić information content (AvgIpc) is 2.59. The largest absolute Gasteiger partial charge is 0.463 e. The van der Waals surface area contributed by atoms with Gasteiger partial charge in [-0.1, -0.05) is 29.8 Å². The topological polar surface area (TPSA) is 77.0 Å². The molecule has 1 atom stereocenters. The van der Waals surface area contributed by atoms with Crippen molar-refractivity contribution < 1.29 is 19.1 Å². The van der Waals surface area contributed by atoms with E-state index in [4.69, 9.17) is 21.1 Å². The lowest BCUT2D eigenvalue weighted by molar-refractivity contribution is -0.138. The molecular weight excluding hydrogens is 344 g/mol. The van der Waals surface area contributed by atoms with E-state index in [9.17, 15) is 9.59 Å². The van der Waals surface area contributed by atoms with E-state index in [0.717, 1.165) is 0 Å². The number of nitrogens with zero attached hydrogens (tertiary/aromatic N) is 1. The van der Waals surface area contributed by atoms with Crippen LogP contribution in [0.25, 0.3) is 0 Å². The molecule has 0 saturated carbocycles. The molecule has 0 aromatic heterocycles. The van der Waals surface area contributed by atoms with Gasteiger partial charge in [0.2, 0.25) is 0 Å². The van der Waals surface area contributed by atoms with Crippen LogP contribution in [0.3, 0.4) is 0 Å². The second kappa shape index (κ2) is 8.48.